The van der Waals surface area contributed by atoms with Crippen LogP contribution in [-0.4, -0.2) is 68.5 Å². The molecule has 150 valence electrons. The van der Waals surface area contributed by atoms with Crippen LogP contribution in [0.25, 0.3) is 0 Å². The average molecular weight is 396 g/mol. The summed E-state index contributed by atoms with van der Waals surface area (Å²) in [7, 11) is -3.45. The molecule has 1 N–H and O–H groups in total. The number of hydrogen-bond donors (Lipinski definition) is 1. The van der Waals surface area contributed by atoms with Crippen LogP contribution in [-0.2, 0) is 19.6 Å². The van der Waals surface area contributed by atoms with Crippen molar-refractivity contribution in [3.63, 3.8) is 0 Å². The van der Waals surface area contributed by atoms with E-state index in [-0.39, 0.29) is 22.9 Å². The van der Waals surface area contributed by atoms with Crippen molar-refractivity contribution in [2.45, 2.75) is 50.2 Å². The molecule has 2 fully saturated rings. The summed E-state index contributed by atoms with van der Waals surface area (Å²) in [6, 6.07) is 6.18. The van der Waals surface area contributed by atoms with E-state index in [0.717, 1.165) is 32.4 Å². The molecular formula is C19H29N3O4S. The third kappa shape index (κ3) is 4.87. The molecule has 2 aliphatic rings. The third-order valence-electron chi connectivity index (χ3n) is 5.27. The van der Waals surface area contributed by atoms with Crippen LogP contribution in [0.15, 0.2) is 29.2 Å². The number of nitrogens with one attached hydrogen (secondary N) is 1. The van der Waals surface area contributed by atoms with E-state index in [1.54, 1.807) is 28.6 Å². The molecule has 8 heteroatoms. The van der Waals surface area contributed by atoms with Gasteiger partial charge in [0.15, 0.2) is 0 Å². The van der Waals surface area contributed by atoms with Crippen LogP contribution in [0.5, 0.6) is 0 Å². The second-order valence-electron chi connectivity index (χ2n) is 7.33. The zero-order chi connectivity index (χ0) is 19.4. The van der Waals surface area contributed by atoms with Gasteiger partial charge in [-0.25, -0.2) is 8.42 Å². The first kappa shape index (κ1) is 20.3. The minimum absolute atomic E-state index is 0.101. The van der Waals surface area contributed by atoms with Gasteiger partial charge in [0, 0.05) is 31.9 Å². The number of rotatable bonds is 5. The zero-order valence-corrected chi connectivity index (χ0v) is 16.9. The van der Waals surface area contributed by atoms with E-state index in [2.05, 4.69) is 10.2 Å². The summed E-state index contributed by atoms with van der Waals surface area (Å²) >= 11 is 0. The fraction of sp³-hybridized carbons (Fsp3) is 0.632. The second kappa shape index (κ2) is 8.68. The Morgan fingerprint density at radius 1 is 1.15 bits per heavy atom. The van der Waals surface area contributed by atoms with Crippen molar-refractivity contribution >= 4 is 21.6 Å². The van der Waals surface area contributed by atoms with Gasteiger partial charge in [0.2, 0.25) is 15.9 Å². The molecule has 7 nitrogen and oxygen atoms in total. The second-order valence-corrected chi connectivity index (χ2v) is 9.27. The molecule has 2 saturated heterocycles. The first-order valence-electron chi connectivity index (χ1n) is 9.64. The summed E-state index contributed by atoms with van der Waals surface area (Å²) in [5, 5.41) is 2.88. The Morgan fingerprint density at radius 2 is 1.81 bits per heavy atom. The number of ether oxygens (including phenoxy) is 1. The van der Waals surface area contributed by atoms with Gasteiger partial charge in [-0.1, -0.05) is 6.42 Å². The number of carbonyl (C=O) groups is 1. The fourth-order valence-corrected chi connectivity index (χ4v) is 5.09. The van der Waals surface area contributed by atoms with Gasteiger partial charge >= 0.3 is 0 Å². The highest BCUT2D eigenvalue weighted by molar-refractivity contribution is 7.89. The van der Waals surface area contributed by atoms with Gasteiger partial charge in [-0.3, -0.25) is 9.69 Å². The van der Waals surface area contributed by atoms with Gasteiger partial charge in [0.1, 0.15) is 0 Å². The Hall–Kier alpha value is -1.48. The van der Waals surface area contributed by atoms with Crippen LogP contribution < -0.4 is 5.32 Å². The predicted molar refractivity (Wildman–Crippen MR) is 104 cm³/mol. The molecular weight excluding hydrogens is 366 g/mol. The van der Waals surface area contributed by atoms with Crippen LogP contribution >= 0.6 is 0 Å². The molecule has 3 rings (SSSR count). The highest BCUT2D eigenvalue weighted by Gasteiger charge is 2.27. The molecule has 2 aliphatic heterocycles. The van der Waals surface area contributed by atoms with Crippen LogP contribution in [0.3, 0.4) is 0 Å². The van der Waals surface area contributed by atoms with E-state index in [0.29, 0.717) is 25.4 Å². The van der Waals surface area contributed by atoms with Crippen molar-refractivity contribution in [2.75, 3.05) is 38.1 Å². The molecule has 1 amide bonds. The number of amides is 1. The minimum Gasteiger partial charge on any atom is -0.376 e. The Balaban J connectivity index is 1.62. The number of anilines is 1. The van der Waals surface area contributed by atoms with Crippen molar-refractivity contribution in [3.05, 3.63) is 24.3 Å². The lowest BCUT2D eigenvalue weighted by Crippen LogP contribution is -2.50. The largest absolute Gasteiger partial charge is 0.376 e. The maximum Gasteiger partial charge on any atom is 0.243 e. The SMILES string of the molecule is C[C@@H]1CN([C@@H](C)C(=O)Nc2ccc(S(=O)(=O)N3CCCCC3)cc2)CCO1. The molecule has 0 bridgehead atoms. The van der Waals surface area contributed by atoms with Gasteiger partial charge in [-0.2, -0.15) is 4.31 Å². The molecule has 0 unspecified atom stereocenters. The maximum absolute atomic E-state index is 12.7. The van der Waals surface area contributed by atoms with Gasteiger partial charge in [-0.05, 0) is 51.0 Å². The first-order valence-corrected chi connectivity index (χ1v) is 11.1. The van der Waals surface area contributed by atoms with Crippen molar-refractivity contribution in [1.29, 1.82) is 0 Å². The molecule has 0 aliphatic carbocycles. The Kier molecular flexibility index (Phi) is 6.52. The monoisotopic (exact) mass is 395 g/mol. The molecule has 1 aromatic rings. The van der Waals surface area contributed by atoms with E-state index in [1.807, 2.05) is 13.8 Å². The Bertz CT molecular complexity index is 745. The first-order chi connectivity index (χ1) is 12.9. The Morgan fingerprint density at radius 3 is 2.44 bits per heavy atom. The lowest BCUT2D eigenvalue weighted by molar-refractivity contribution is -0.123. The van der Waals surface area contributed by atoms with E-state index in [4.69, 9.17) is 4.74 Å². The molecule has 0 aromatic heterocycles. The Labute approximate surface area is 161 Å². The summed E-state index contributed by atoms with van der Waals surface area (Å²) in [5.74, 6) is -0.101. The molecule has 0 spiro atoms. The number of benzene rings is 1. The molecule has 0 saturated carbocycles. The van der Waals surface area contributed by atoms with Crippen LogP contribution in [0, 0.1) is 0 Å². The lowest BCUT2D eigenvalue weighted by atomic mass is 10.2. The third-order valence-corrected chi connectivity index (χ3v) is 7.19. The van der Waals surface area contributed by atoms with Crippen molar-refractivity contribution in [1.82, 2.24) is 9.21 Å². The number of carbonyl (C=O) groups excluding carboxylic acids is 1. The molecule has 0 radical (unpaired) electrons. The standard InChI is InChI=1S/C19H29N3O4S/c1-15-14-21(12-13-26-15)16(2)19(23)20-17-6-8-18(9-7-17)27(24,25)22-10-4-3-5-11-22/h6-9,15-16H,3-5,10-14H2,1-2H3,(H,20,23)/t15-,16+/m1/s1. The number of nitrogens with zero attached hydrogens (tertiary/aromatic N) is 2. The highest BCUT2D eigenvalue weighted by Crippen LogP contribution is 2.22. The van der Waals surface area contributed by atoms with Crippen molar-refractivity contribution in [2.24, 2.45) is 0 Å². The van der Waals surface area contributed by atoms with Crippen molar-refractivity contribution in [3.8, 4) is 0 Å². The normalized spacial score (nSPS) is 23.7. The van der Waals surface area contributed by atoms with E-state index >= 15 is 0 Å². The predicted octanol–water partition coefficient (Wildman–Crippen LogP) is 1.91. The average Bonchev–Trinajstić information content (AvgIpc) is 2.68. The van der Waals surface area contributed by atoms with E-state index in [9.17, 15) is 13.2 Å². The number of piperidine rings is 1. The summed E-state index contributed by atoms with van der Waals surface area (Å²) in [6.45, 7) is 7.11. The van der Waals surface area contributed by atoms with Gasteiger partial charge in [0.25, 0.3) is 0 Å². The molecule has 1 aromatic carbocycles. The number of sulfonamides is 1. The molecule has 2 atom stereocenters. The summed E-state index contributed by atoms with van der Waals surface area (Å²) in [5.41, 5.74) is 0.603. The van der Waals surface area contributed by atoms with E-state index in [1.165, 1.54) is 0 Å². The van der Waals surface area contributed by atoms with Gasteiger partial charge in [-0.15, -0.1) is 0 Å². The van der Waals surface area contributed by atoms with Crippen LogP contribution in [0.1, 0.15) is 33.1 Å². The quantitative estimate of drug-likeness (QED) is 0.824. The molecule has 27 heavy (non-hydrogen) atoms. The van der Waals surface area contributed by atoms with Crippen LogP contribution in [0.2, 0.25) is 0 Å². The zero-order valence-electron chi connectivity index (χ0n) is 16.1. The maximum atomic E-state index is 12.7. The highest BCUT2D eigenvalue weighted by atomic mass is 32.2. The number of hydrogen-bond acceptors (Lipinski definition) is 5. The number of morpholine rings is 1. The fourth-order valence-electron chi connectivity index (χ4n) is 3.57. The summed E-state index contributed by atoms with van der Waals surface area (Å²) in [6.07, 6.45) is 3.02. The van der Waals surface area contributed by atoms with Gasteiger partial charge < -0.3 is 10.1 Å². The lowest BCUT2D eigenvalue weighted by Gasteiger charge is -2.34. The van der Waals surface area contributed by atoms with Crippen LogP contribution in [0.4, 0.5) is 5.69 Å². The smallest absolute Gasteiger partial charge is 0.243 e. The summed E-state index contributed by atoms with van der Waals surface area (Å²) < 4.78 is 32.4. The van der Waals surface area contributed by atoms with Crippen molar-refractivity contribution < 1.29 is 17.9 Å². The van der Waals surface area contributed by atoms with Gasteiger partial charge in [0.05, 0.1) is 23.6 Å². The minimum atomic E-state index is -3.45. The molecule has 2 heterocycles. The topological polar surface area (TPSA) is 79.0 Å². The summed E-state index contributed by atoms with van der Waals surface area (Å²) in [4.78, 5) is 14.9. The van der Waals surface area contributed by atoms with E-state index < -0.39 is 10.0 Å².